The fraction of sp³-hybridized carbons (Fsp3) is 0. The van der Waals surface area contributed by atoms with Crippen LogP contribution in [0.25, 0.3) is 10.1 Å². The van der Waals surface area contributed by atoms with Crippen LogP contribution in [0.4, 0.5) is 4.39 Å². The second kappa shape index (κ2) is 3.09. The highest BCUT2D eigenvalue weighted by Gasteiger charge is 2.10. The van der Waals surface area contributed by atoms with Crippen LogP contribution in [0.2, 0.25) is 5.02 Å². The molecule has 0 saturated carbocycles. The Hall–Kier alpha value is -0.930. The number of thiophene rings is 1. The molecule has 2 rings (SSSR count). The Bertz CT molecular complexity index is 478. The van der Waals surface area contributed by atoms with Crippen LogP contribution in [0.1, 0.15) is 10.4 Å². The van der Waals surface area contributed by atoms with Gasteiger partial charge in [0.25, 0.3) is 0 Å². The molecule has 1 aromatic heterocycles. The predicted octanol–water partition coefficient (Wildman–Crippen LogP) is 3.51. The van der Waals surface area contributed by atoms with Crippen molar-refractivity contribution >= 4 is 39.3 Å². The van der Waals surface area contributed by atoms with Gasteiger partial charge in [-0.1, -0.05) is 11.6 Å². The van der Waals surface area contributed by atoms with Crippen LogP contribution in [-0.4, -0.2) is 6.29 Å². The molecule has 2 aromatic rings. The maximum atomic E-state index is 13.2. The molecule has 0 aliphatic carbocycles. The summed E-state index contributed by atoms with van der Waals surface area (Å²) < 4.78 is 13.8. The Morgan fingerprint density at radius 3 is 2.92 bits per heavy atom. The second-order valence-corrected chi connectivity index (χ2v) is 3.83. The van der Waals surface area contributed by atoms with Gasteiger partial charge < -0.3 is 0 Å². The molecule has 0 bridgehead atoms. The smallest absolute Gasteiger partial charge is 0.150 e. The molecule has 4 heteroatoms. The summed E-state index contributed by atoms with van der Waals surface area (Å²) in [5, 5.41) is 2.16. The highest BCUT2D eigenvalue weighted by atomic mass is 35.5. The third-order valence-electron chi connectivity index (χ3n) is 1.79. The zero-order valence-electron chi connectivity index (χ0n) is 6.38. The molecular formula is C9H4ClFOS. The zero-order chi connectivity index (χ0) is 9.42. The molecule has 0 radical (unpaired) electrons. The second-order valence-electron chi connectivity index (χ2n) is 2.54. The molecule has 0 atom stereocenters. The van der Waals surface area contributed by atoms with Crippen molar-refractivity contribution in [2.24, 2.45) is 0 Å². The lowest BCUT2D eigenvalue weighted by Gasteiger charge is -1.96. The van der Waals surface area contributed by atoms with E-state index in [1.807, 2.05) is 0 Å². The summed E-state index contributed by atoms with van der Waals surface area (Å²) in [5.74, 6) is -0.385. The largest absolute Gasteiger partial charge is 0.298 e. The number of fused-ring (bicyclic) bond motifs is 1. The van der Waals surface area contributed by atoms with E-state index in [-0.39, 0.29) is 5.82 Å². The fourth-order valence-electron chi connectivity index (χ4n) is 1.20. The van der Waals surface area contributed by atoms with Gasteiger partial charge in [0.15, 0.2) is 6.29 Å². The van der Waals surface area contributed by atoms with Crippen LogP contribution in [0.5, 0.6) is 0 Å². The first-order valence-electron chi connectivity index (χ1n) is 3.54. The van der Waals surface area contributed by atoms with Crippen molar-refractivity contribution in [2.75, 3.05) is 0 Å². The lowest BCUT2D eigenvalue weighted by atomic mass is 10.1. The first kappa shape index (κ1) is 8.66. The van der Waals surface area contributed by atoms with E-state index in [0.717, 1.165) is 0 Å². The van der Waals surface area contributed by atoms with Gasteiger partial charge in [-0.3, -0.25) is 4.79 Å². The van der Waals surface area contributed by atoms with E-state index in [9.17, 15) is 9.18 Å². The first-order valence-corrected chi connectivity index (χ1v) is 4.80. The Kier molecular flexibility index (Phi) is 2.06. The Morgan fingerprint density at radius 1 is 1.46 bits per heavy atom. The van der Waals surface area contributed by atoms with Crippen molar-refractivity contribution in [1.29, 1.82) is 0 Å². The quantitative estimate of drug-likeness (QED) is 0.664. The number of hydrogen-bond donors (Lipinski definition) is 0. The van der Waals surface area contributed by atoms with Crippen LogP contribution >= 0.6 is 22.9 Å². The summed E-state index contributed by atoms with van der Waals surface area (Å²) in [7, 11) is 0. The molecule has 1 nitrogen and oxygen atoms in total. The van der Waals surface area contributed by atoms with Crippen LogP contribution in [-0.2, 0) is 0 Å². The molecular weight excluding hydrogens is 211 g/mol. The summed E-state index contributed by atoms with van der Waals surface area (Å²) in [6.07, 6.45) is 0.633. The van der Waals surface area contributed by atoms with Crippen molar-refractivity contribution < 1.29 is 9.18 Å². The standard InChI is InChI=1S/C9H4ClFOS/c10-6-2-1-5(3-12)8-7(11)4-13-9(6)8/h1-4H. The molecule has 0 aliphatic heterocycles. The normalized spacial score (nSPS) is 10.6. The summed E-state index contributed by atoms with van der Waals surface area (Å²) in [6.45, 7) is 0. The van der Waals surface area contributed by atoms with Gasteiger partial charge in [-0.15, -0.1) is 11.3 Å². The van der Waals surface area contributed by atoms with Crippen LogP contribution in [0, 0.1) is 5.82 Å². The maximum Gasteiger partial charge on any atom is 0.150 e. The number of carbonyl (C=O) groups excluding carboxylic acids is 1. The van der Waals surface area contributed by atoms with E-state index in [4.69, 9.17) is 11.6 Å². The summed E-state index contributed by atoms with van der Waals surface area (Å²) in [6, 6.07) is 3.12. The van der Waals surface area contributed by atoms with Crippen LogP contribution < -0.4 is 0 Å². The SMILES string of the molecule is O=Cc1ccc(Cl)c2scc(F)c12. The minimum absolute atomic E-state index is 0.326. The molecule has 0 saturated heterocycles. The van der Waals surface area contributed by atoms with Gasteiger partial charge in [-0.05, 0) is 12.1 Å². The average Bonchev–Trinajstić information content (AvgIpc) is 2.51. The van der Waals surface area contributed by atoms with Gasteiger partial charge in [0.05, 0.1) is 9.72 Å². The van der Waals surface area contributed by atoms with Crippen LogP contribution in [0.15, 0.2) is 17.5 Å². The summed E-state index contributed by atoms with van der Waals surface area (Å²) in [4.78, 5) is 10.6. The molecule has 0 N–H and O–H groups in total. The zero-order valence-corrected chi connectivity index (χ0v) is 7.95. The van der Waals surface area contributed by atoms with E-state index >= 15 is 0 Å². The number of halogens is 2. The fourth-order valence-corrected chi connectivity index (χ4v) is 2.35. The average molecular weight is 215 g/mol. The van der Waals surface area contributed by atoms with E-state index in [1.54, 1.807) is 6.07 Å². The first-order chi connectivity index (χ1) is 6.24. The molecule has 0 fully saturated rings. The molecule has 66 valence electrons. The summed E-state index contributed by atoms with van der Waals surface area (Å²) in [5.41, 5.74) is 0.346. The van der Waals surface area contributed by atoms with Crippen molar-refractivity contribution in [3.63, 3.8) is 0 Å². The Labute approximate surface area is 82.7 Å². The van der Waals surface area contributed by atoms with E-state index in [1.165, 1.54) is 22.8 Å². The Balaban J connectivity index is 2.96. The lowest BCUT2D eigenvalue weighted by Crippen LogP contribution is -1.82. The van der Waals surface area contributed by atoms with Crippen molar-refractivity contribution in [3.8, 4) is 0 Å². The minimum Gasteiger partial charge on any atom is -0.298 e. The molecule has 1 heterocycles. The molecule has 13 heavy (non-hydrogen) atoms. The van der Waals surface area contributed by atoms with Gasteiger partial charge in [-0.2, -0.15) is 0 Å². The highest BCUT2D eigenvalue weighted by Crippen LogP contribution is 2.32. The lowest BCUT2D eigenvalue weighted by molar-refractivity contribution is 0.112. The molecule has 0 unspecified atom stereocenters. The third kappa shape index (κ3) is 1.24. The van der Waals surface area contributed by atoms with E-state index in [2.05, 4.69) is 0 Å². The van der Waals surface area contributed by atoms with Gasteiger partial charge in [0.1, 0.15) is 5.82 Å². The third-order valence-corrected chi connectivity index (χ3v) is 3.20. The molecule has 0 spiro atoms. The van der Waals surface area contributed by atoms with Crippen LogP contribution in [0.3, 0.4) is 0 Å². The monoisotopic (exact) mass is 214 g/mol. The maximum absolute atomic E-state index is 13.2. The van der Waals surface area contributed by atoms with Gasteiger partial charge in [0.2, 0.25) is 0 Å². The van der Waals surface area contributed by atoms with E-state index < -0.39 is 0 Å². The molecule has 0 aliphatic rings. The van der Waals surface area contributed by atoms with Crippen molar-refractivity contribution in [2.45, 2.75) is 0 Å². The topological polar surface area (TPSA) is 17.1 Å². The number of benzene rings is 1. The van der Waals surface area contributed by atoms with Crippen molar-refractivity contribution in [3.05, 3.63) is 33.9 Å². The van der Waals surface area contributed by atoms with Crippen molar-refractivity contribution in [1.82, 2.24) is 0 Å². The Morgan fingerprint density at radius 2 is 2.23 bits per heavy atom. The highest BCUT2D eigenvalue weighted by molar-refractivity contribution is 7.18. The molecule has 1 aromatic carbocycles. The number of hydrogen-bond acceptors (Lipinski definition) is 2. The predicted molar refractivity (Wildman–Crippen MR) is 52.2 cm³/mol. The van der Waals surface area contributed by atoms with Gasteiger partial charge >= 0.3 is 0 Å². The minimum atomic E-state index is -0.385. The number of carbonyl (C=O) groups is 1. The summed E-state index contributed by atoms with van der Waals surface area (Å²) >= 11 is 7.03. The number of rotatable bonds is 1. The molecule has 0 amide bonds. The van der Waals surface area contributed by atoms with Gasteiger partial charge in [0, 0.05) is 16.3 Å². The number of aldehydes is 1. The van der Waals surface area contributed by atoms with E-state index in [0.29, 0.717) is 27.0 Å². The van der Waals surface area contributed by atoms with Gasteiger partial charge in [-0.25, -0.2) is 4.39 Å².